The van der Waals surface area contributed by atoms with E-state index in [0.29, 0.717) is 5.56 Å². The lowest BCUT2D eigenvalue weighted by atomic mass is 10.1. The number of carbonyl (C=O) groups excluding carboxylic acids is 2. The lowest BCUT2D eigenvalue weighted by molar-refractivity contribution is -0.147. The molecule has 0 unspecified atom stereocenters. The van der Waals surface area contributed by atoms with E-state index >= 15 is 0 Å². The number of rotatable bonds is 2. The molecule has 2 atom stereocenters. The third-order valence-corrected chi connectivity index (χ3v) is 4.72. The zero-order valence-electron chi connectivity index (χ0n) is 12.4. The number of hydrogen-bond donors (Lipinski definition) is 0. The van der Waals surface area contributed by atoms with Gasteiger partial charge in [0.1, 0.15) is 0 Å². The first-order valence-electron chi connectivity index (χ1n) is 6.58. The number of carbonyl (C=O) groups is 2. The van der Waals surface area contributed by atoms with Crippen LogP contribution in [-0.4, -0.2) is 40.3 Å². The van der Waals surface area contributed by atoms with E-state index in [-0.39, 0.29) is 5.91 Å². The molecule has 114 valence electrons. The predicted octanol–water partition coefficient (Wildman–Crippen LogP) is 2.76. The third kappa shape index (κ3) is 2.90. The Labute approximate surface area is 127 Å². The molecule has 0 radical (unpaired) electrons. The molecule has 1 heterocycles. The number of amides is 1. The van der Waals surface area contributed by atoms with Crippen molar-refractivity contribution >= 4 is 23.6 Å². The first-order valence-corrected chi connectivity index (χ1v) is 7.46. The van der Waals surface area contributed by atoms with Crippen molar-refractivity contribution in [2.45, 2.75) is 37.2 Å². The highest BCUT2D eigenvalue weighted by atomic mass is 32.2. The van der Waals surface area contributed by atoms with Crippen molar-refractivity contribution < 1.29 is 18.7 Å². The highest BCUT2D eigenvalue weighted by molar-refractivity contribution is 8.01. The number of esters is 1. The third-order valence-electron chi connectivity index (χ3n) is 3.47. The second kappa shape index (κ2) is 5.67. The summed E-state index contributed by atoms with van der Waals surface area (Å²) in [5.74, 6) is -1.11. The molecule has 2 rings (SSSR count). The molecule has 1 saturated heterocycles. The Hall–Kier alpha value is -1.56. The Morgan fingerprint density at radius 1 is 1.29 bits per heavy atom. The van der Waals surface area contributed by atoms with Gasteiger partial charge in [0, 0.05) is 5.56 Å². The van der Waals surface area contributed by atoms with Crippen LogP contribution < -0.4 is 0 Å². The first-order chi connectivity index (χ1) is 9.77. The van der Waals surface area contributed by atoms with Crippen molar-refractivity contribution in [3.8, 4) is 0 Å². The minimum absolute atomic E-state index is 0.372. The molecule has 0 aromatic heterocycles. The Morgan fingerprint density at radius 3 is 2.38 bits per heavy atom. The molecule has 4 nitrogen and oxygen atoms in total. The van der Waals surface area contributed by atoms with Gasteiger partial charge in [0.15, 0.2) is 11.5 Å². The molecule has 0 bridgehead atoms. The largest absolute Gasteiger partial charge is 0.467 e. The zero-order chi connectivity index (χ0) is 15.8. The summed E-state index contributed by atoms with van der Waals surface area (Å²) < 4.78 is 18.8. The fourth-order valence-corrected chi connectivity index (χ4v) is 3.61. The van der Waals surface area contributed by atoms with Crippen LogP contribution in [-0.2, 0) is 9.53 Å². The topological polar surface area (TPSA) is 46.6 Å². The molecule has 1 aliphatic heterocycles. The Morgan fingerprint density at radius 2 is 1.86 bits per heavy atom. The molecule has 1 fully saturated rings. The van der Waals surface area contributed by atoms with E-state index in [2.05, 4.69) is 4.74 Å². The number of thioether (sulfide) groups is 1. The van der Waals surface area contributed by atoms with Crippen LogP contribution in [0.25, 0.3) is 0 Å². The minimum atomic E-state index is -1.50. The van der Waals surface area contributed by atoms with Crippen LogP contribution in [0.4, 0.5) is 4.39 Å². The molecule has 0 spiro atoms. The zero-order valence-corrected chi connectivity index (χ0v) is 13.2. The molecular formula is C15H18FNO3S. The van der Waals surface area contributed by atoms with Crippen LogP contribution in [0.2, 0.25) is 0 Å². The van der Waals surface area contributed by atoms with Crippen LogP contribution in [0.5, 0.6) is 0 Å². The summed E-state index contributed by atoms with van der Waals surface area (Å²) in [4.78, 5) is 25.0. The molecule has 0 saturated carbocycles. The summed E-state index contributed by atoms with van der Waals surface area (Å²) in [5.41, 5.74) is -0.0476. The standard InChI is InChI=1S/C15H18FNO3S/c1-9-5-7-10(8-6-9)13(18)17-11(14(19)20-4)12(16)21-15(17,2)3/h5-8,11-12H,1-4H3/t11-,12-/m1/s1. The monoisotopic (exact) mass is 311 g/mol. The number of halogens is 1. The first kappa shape index (κ1) is 15.8. The lowest BCUT2D eigenvalue weighted by Crippen LogP contribution is -2.51. The van der Waals surface area contributed by atoms with Crippen molar-refractivity contribution in [3.63, 3.8) is 0 Å². The average molecular weight is 311 g/mol. The van der Waals surface area contributed by atoms with E-state index in [0.717, 1.165) is 17.3 Å². The Bertz CT molecular complexity index is 559. The van der Waals surface area contributed by atoms with E-state index < -0.39 is 22.4 Å². The normalized spacial score (nSPS) is 24.0. The Kier molecular flexibility index (Phi) is 4.27. The summed E-state index contributed by atoms with van der Waals surface area (Å²) in [6, 6.07) is 5.76. The highest BCUT2D eigenvalue weighted by Crippen LogP contribution is 2.45. The fourth-order valence-electron chi connectivity index (χ4n) is 2.39. The maximum absolute atomic E-state index is 14.2. The summed E-state index contributed by atoms with van der Waals surface area (Å²) in [6.45, 7) is 5.36. The van der Waals surface area contributed by atoms with Gasteiger partial charge in [-0.05, 0) is 32.9 Å². The SMILES string of the molecule is COC(=O)[C@H]1[C@H](F)SC(C)(C)N1C(=O)c1ccc(C)cc1. The average Bonchev–Trinajstić information content (AvgIpc) is 2.67. The van der Waals surface area contributed by atoms with Gasteiger partial charge in [0.2, 0.25) is 0 Å². The van der Waals surface area contributed by atoms with Crippen LogP contribution in [0, 0.1) is 6.92 Å². The predicted molar refractivity (Wildman–Crippen MR) is 79.7 cm³/mol. The van der Waals surface area contributed by atoms with Crippen molar-refractivity contribution in [2.75, 3.05) is 7.11 Å². The minimum Gasteiger partial charge on any atom is -0.467 e. The molecule has 21 heavy (non-hydrogen) atoms. The van der Waals surface area contributed by atoms with Gasteiger partial charge in [0.05, 0.1) is 12.0 Å². The van der Waals surface area contributed by atoms with Crippen molar-refractivity contribution in [1.29, 1.82) is 0 Å². The van der Waals surface area contributed by atoms with Crippen LogP contribution in [0.3, 0.4) is 0 Å². The van der Waals surface area contributed by atoms with Crippen molar-refractivity contribution in [1.82, 2.24) is 4.90 Å². The van der Waals surface area contributed by atoms with E-state index in [1.54, 1.807) is 26.0 Å². The van der Waals surface area contributed by atoms with Gasteiger partial charge in [-0.1, -0.05) is 29.5 Å². The van der Waals surface area contributed by atoms with E-state index in [4.69, 9.17) is 0 Å². The number of nitrogens with zero attached hydrogens (tertiary/aromatic N) is 1. The number of ether oxygens (including phenoxy) is 1. The number of alkyl halides is 1. The number of benzene rings is 1. The van der Waals surface area contributed by atoms with E-state index in [1.165, 1.54) is 12.0 Å². The maximum Gasteiger partial charge on any atom is 0.332 e. The van der Waals surface area contributed by atoms with Crippen LogP contribution in [0.1, 0.15) is 29.8 Å². The van der Waals surface area contributed by atoms with Gasteiger partial charge in [-0.15, -0.1) is 0 Å². The fraction of sp³-hybridized carbons (Fsp3) is 0.467. The van der Waals surface area contributed by atoms with Gasteiger partial charge in [0.25, 0.3) is 5.91 Å². The molecule has 1 aromatic carbocycles. The smallest absolute Gasteiger partial charge is 0.332 e. The van der Waals surface area contributed by atoms with Crippen LogP contribution in [0.15, 0.2) is 24.3 Å². The number of methoxy groups -OCH3 is 1. The van der Waals surface area contributed by atoms with Crippen molar-refractivity contribution in [3.05, 3.63) is 35.4 Å². The summed E-state index contributed by atoms with van der Waals surface area (Å²) >= 11 is 0.946. The van der Waals surface area contributed by atoms with E-state index in [1.807, 2.05) is 19.1 Å². The lowest BCUT2D eigenvalue weighted by Gasteiger charge is -2.33. The molecule has 0 N–H and O–H groups in total. The van der Waals surface area contributed by atoms with Crippen molar-refractivity contribution in [2.24, 2.45) is 0 Å². The van der Waals surface area contributed by atoms with Gasteiger partial charge in [-0.3, -0.25) is 4.79 Å². The highest BCUT2D eigenvalue weighted by Gasteiger charge is 2.53. The van der Waals surface area contributed by atoms with Gasteiger partial charge in [-0.2, -0.15) is 0 Å². The molecule has 6 heteroatoms. The Balaban J connectivity index is 2.39. The second-order valence-corrected chi connectivity index (χ2v) is 7.11. The maximum atomic E-state index is 14.2. The van der Waals surface area contributed by atoms with Gasteiger partial charge in [-0.25, -0.2) is 9.18 Å². The molecule has 0 aliphatic carbocycles. The quantitative estimate of drug-likeness (QED) is 0.788. The summed E-state index contributed by atoms with van der Waals surface area (Å²) in [7, 11) is 1.19. The number of hydrogen-bond acceptors (Lipinski definition) is 4. The van der Waals surface area contributed by atoms with Gasteiger partial charge >= 0.3 is 5.97 Å². The number of aryl methyl sites for hydroxylation is 1. The van der Waals surface area contributed by atoms with Crippen LogP contribution >= 0.6 is 11.8 Å². The molecule has 1 amide bonds. The molecular weight excluding hydrogens is 293 g/mol. The second-order valence-electron chi connectivity index (χ2n) is 5.42. The summed E-state index contributed by atoms with van der Waals surface area (Å²) in [6.07, 6.45) is 0. The molecule has 1 aromatic rings. The molecule has 1 aliphatic rings. The van der Waals surface area contributed by atoms with E-state index in [9.17, 15) is 14.0 Å². The van der Waals surface area contributed by atoms with Gasteiger partial charge < -0.3 is 9.64 Å². The summed E-state index contributed by atoms with van der Waals surface area (Å²) in [5, 5.41) is 0.